The summed E-state index contributed by atoms with van der Waals surface area (Å²) in [6.07, 6.45) is 0. The number of thioether (sulfide) groups is 1. The average Bonchev–Trinajstić information content (AvgIpc) is 2.53. The molecule has 0 saturated carbocycles. The van der Waals surface area contributed by atoms with Crippen LogP contribution in [0.15, 0.2) is 53.4 Å². The van der Waals surface area contributed by atoms with Crippen LogP contribution in [0.4, 0.5) is 10.1 Å². The molecule has 3 rings (SSSR count). The molecule has 1 unspecified atom stereocenters. The minimum Gasteiger partial charge on any atom is -0.484 e. The summed E-state index contributed by atoms with van der Waals surface area (Å²) in [6, 6.07) is 13.5. The first-order valence-electron chi connectivity index (χ1n) is 7.08. The number of para-hydroxylation sites is 1. The fourth-order valence-corrected chi connectivity index (χ4v) is 3.49. The number of benzene rings is 2. The molecule has 0 aromatic heterocycles. The van der Waals surface area contributed by atoms with Gasteiger partial charge in [-0.05, 0) is 36.4 Å². The van der Waals surface area contributed by atoms with Crippen molar-refractivity contribution < 1.29 is 13.9 Å². The molecule has 0 N–H and O–H groups in total. The summed E-state index contributed by atoms with van der Waals surface area (Å²) in [6.45, 7) is 2.70. The summed E-state index contributed by atoms with van der Waals surface area (Å²) in [7, 11) is 0. The zero-order chi connectivity index (χ0) is 15.5. The minimum absolute atomic E-state index is 0.0582. The zero-order valence-electron chi connectivity index (χ0n) is 12.2. The number of fused-ring (bicyclic) bond motifs is 1. The van der Waals surface area contributed by atoms with Crippen molar-refractivity contribution in [2.75, 3.05) is 18.1 Å². The topological polar surface area (TPSA) is 29.5 Å². The van der Waals surface area contributed by atoms with Crippen molar-refractivity contribution in [3.05, 3.63) is 54.3 Å². The van der Waals surface area contributed by atoms with Gasteiger partial charge in [-0.15, -0.1) is 11.8 Å². The van der Waals surface area contributed by atoms with Gasteiger partial charge in [-0.3, -0.25) is 4.79 Å². The number of rotatable bonds is 3. The number of halogens is 1. The molecule has 3 nitrogen and oxygen atoms in total. The summed E-state index contributed by atoms with van der Waals surface area (Å²) >= 11 is 1.77. The smallest absolute Gasteiger partial charge is 0.264 e. The molecule has 1 aliphatic rings. The maximum absolute atomic E-state index is 12.9. The Labute approximate surface area is 133 Å². The highest BCUT2D eigenvalue weighted by atomic mass is 32.2. The summed E-state index contributed by atoms with van der Waals surface area (Å²) in [5, 5.41) is 0.338. The van der Waals surface area contributed by atoms with Crippen LogP contribution in [-0.2, 0) is 4.79 Å². The first kappa shape index (κ1) is 14.9. The van der Waals surface area contributed by atoms with E-state index >= 15 is 0 Å². The third-order valence-corrected chi connectivity index (χ3v) is 4.55. The molecule has 0 aliphatic carbocycles. The van der Waals surface area contributed by atoms with Gasteiger partial charge >= 0.3 is 0 Å². The predicted molar refractivity (Wildman–Crippen MR) is 86.0 cm³/mol. The standard InChI is InChI=1S/C17H16FNO2S/c1-12-10-19(15-4-2-3-5-16(15)22-12)17(20)11-21-14-8-6-13(18)7-9-14/h2-9,12H,10-11H2,1H3. The number of ether oxygens (including phenoxy) is 1. The Hall–Kier alpha value is -2.01. The van der Waals surface area contributed by atoms with Gasteiger partial charge in [-0.1, -0.05) is 19.1 Å². The predicted octanol–water partition coefficient (Wildman–Crippen LogP) is 3.73. The molecule has 0 bridgehead atoms. The Kier molecular flexibility index (Phi) is 4.34. The second kappa shape index (κ2) is 6.40. The molecule has 1 amide bonds. The number of carbonyl (C=O) groups excluding carboxylic acids is 1. The molecular formula is C17H16FNO2S. The van der Waals surface area contributed by atoms with E-state index in [2.05, 4.69) is 6.92 Å². The largest absolute Gasteiger partial charge is 0.484 e. The summed E-state index contributed by atoms with van der Waals surface area (Å²) in [5.41, 5.74) is 0.929. The van der Waals surface area contributed by atoms with E-state index in [1.54, 1.807) is 16.7 Å². The lowest BCUT2D eigenvalue weighted by Gasteiger charge is -2.32. The highest BCUT2D eigenvalue weighted by Crippen LogP contribution is 2.38. The van der Waals surface area contributed by atoms with Crippen molar-refractivity contribution in [2.45, 2.75) is 17.1 Å². The van der Waals surface area contributed by atoms with Gasteiger partial charge in [0.25, 0.3) is 5.91 Å². The minimum atomic E-state index is -0.325. The van der Waals surface area contributed by atoms with Gasteiger partial charge in [0.05, 0.1) is 5.69 Å². The van der Waals surface area contributed by atoms with Crippen LogP contribution in [0.25, 0.3) is 0 Å². The van der Waals surface area contributed by atoms with E-state index < -0.39 is 0 Å². The fourth-order valence-electron chi connectivity index (χ4n) is 2.38. The Morgan fingerprint density at radius 2 is 2.00 bits per heavy atom. The van der Waals surface area contributed by atoms with Gasteiger partial charge < -0.3 is 9.64 Å². The summed E-state index contributed by atoms with van der Waals surface area (Å²) in [5.74, 6) is 0.0703. The lowest BCUT2D eigenvalue weighted by molar-refractivity contribution is -0.120. The molecule has 2 aromatic rings. The Bertz CT molecular complexity index is 675. The highest BCUT2D eigenvalue weighted by Gasteiger charge is 2.26. The van der Waals surface area contributed by atoms with Crippen molar-refractivity contribution in [3.63, 3.8) is 0 Å². The summed E-state index contributed by atoms with van der Waals surface area (Å²) < 4.78 is 18.3. The molecule has 22 heavy (non-hydrogen) atoms. The van der Waals surface area contributed by atoms with Gasteiger partial charge in [0.1, 0.15) is 11.6 Å². The van der Waals surface area contributed by atoms with Crippen LogP contribution in [0.3, 0.4) is 0 Å². The van der Waals surface area contributed by atoms with Crippen LogP contribution in [0.5, 0.6) is 5.75 Å². The lowest BCUT2D eigenvalue weighted by atomic mass is 10.2. The number of amides is 1. The Balaban J connectivity index is 1.71. The monoisotopic (exact) mass is 317 g/mol. The molecule has 114 valence electrons. The van der Waals surface area contributed by atoms with Crippen molar-refractivity contribution >= 4 is 23.4 Å². The zero-order valence-corrected chi connectivity index (χ0v) is 13.0. The molecular weight excluding hydrogens is 301 g/mol. The quantitative estimate of drug-likeness (QED) is 0.864. The third-order valence-electron chi connectivity index (χ3n) is 3.40. The molecule has 5 heteroatoms. The van der Waals surface area contributed by atoms with Crippen LogP contribution in [-0.4, -0.2) is 24.3 Å². The van der Waals surface area contributed by atoms with Crippen molar-refractivity contribution in [2.24, 2.45) is 0 Å². The number of nitrogens with zero attached hydrogens (tertiary/aromatic N) is 1. The first-order valence-corrected chi connectivity index (χ1v) is 7.96. The van der Waals surface area contributed by atoms with Crippen molar-refractivity contribution in [1.82, 2.24) is 0 Å². The molecule has 0 radical (unpaired) electrons. The number of carbonyl (C=O) groups is 1. The fraction of sp³-hybridized carbons (Fsp3) is 0.235. The van der Waals surface area contributed by atoms with Crippen LogP contribution in [0.2, 0.25) is 0 Å². The van der Waals surface area contributed by atoms with E-state index in [0.717, 1.165) is 10.6 Å². The lowest BCUT2D eigenvalue weighted by Crippen LogP contribution is -2.41. The molecule has 1 heterocycles. The highest BCUT2D eigenvalue weighted by molar-refractivity contribution is 8.00. The molecule has 2 aromatic carbocycles. The number of anilines is 1. The van der Waals surface area contributed by atoms with Crippen LogP contribution < -0.4 is 9.64 Å². The number of hydrogen-bond donors (Lipinski definition) is 0. The van der Waals surface area contributed by atoms with E-state index in [1.165, 1.54) is 24.3 Å². The van der Waals surface area contributed by atoms with Gasteiger partial charge in [0.15, 0.2) is 6.61 Å². The molecule has 1 atom stereocenters. The second-order valence-electron chi connectivity index (χ2n) is 5.14. The maximum atomic E-state index is 12.9. The Morgan fingerprint density at radius 3 is 2.77 bits per heavy atom. The van der Waals surface area contributed by atoms with Crippen LogP contribution in [0, 0.1) is 5.82 Å². The van der Waals surface area contributed by atoms with E-state index in [9.17, 15) is 9.18 Å². The van der Waals surface area contributed by atoms with Crippen LogP contribution in [0.1, 0.15) is 6.92 Å². The molecule has 0 spiro atoms. The van der Waals surface area contributed by atoms with Gasteiger partial charge in [-0.25, -0.2) is 4.39 Å². The average molecular weight is 317 g/mol. The van der Waals surface area contributed by atoms with Crippen LogP contribution >= 0.6 is 11.8 Å². The Morgan fingerprint density at radius 1 is 1.27 bits per heavy atom. The normalized spacial score (nSPS) is 17.0. The van der Waals surface area contributed by atoms with Gasteiger partial charge in [0.2, 0.25) is 0 Å². The first-order chi connectivity index (χ1) is 10.6. The van der Waals surface area contributed by atoms with Gasteiger partial charge in [0, 0.05) is 16.7 Å². The van der Waals surface area contributed by atoms with E-state index in [0.29, 0.717) is 17.5 Å². The van der Waals surface area contributed by atoms with E-state index in [4.69, 9.17) is 4.74 Å². The van der Waals surface area contributed by atoms with Crippen molar-refractivity contribution in [1.29, 1.82) is 0 Å². The molecule has 1 aliphatic heterocycles. The second-order valence-corrected chi connectivity index (χ2v) is 6.62. The van der Waals surface area contributed by atoms with E-state index in [-0.39, 0.29) is 18.3 Å². The van der Waals surface area contributed by atoms with Gasteiger partial charge in [-0.2, -0.15) is 0 Å². The molecule has 0 saturated heterocycles. The van der Waals surface area contributed by atoms with Crippen molar-refractivity contribution in [3.8, 4) is 5.75 Å². The third kappa shape index (κ3) is 3.25. The SMILES string of the molecule is CC1CN(C(=O)COc2ccc(F)cc2)c2ccccc2S1. The van der Waals surface area contributed by atoms with E-state index in [1.807, 2.05) is 24.3 Å². The maximum Gasteiger partial charge on any atom is 0.264 e. The summed E-state index contributed by atoms with van der Waals surface area (Å²) in [4.78, 5) is 15.3. The molecule has 0 fully saturated rings. The number of hydrogen-bond acceptors (Lipinski definition) is 3.